The maximum Gasteiger partial charge on any atom is 0.393 e. The van der Waals surface area contributed by atoms with Crippen LogP contribution in [0.3, 0.4) is 0 Å². The smallest absolute Gasteiger partial charge is 0.349 e. The second-order valence-corrected chi connectivity index (χ2v) is 9.78. The SMILES string of the molecule is CC(C)([N+]#N)C(=O)N1C2CCC1CC(NC(=O)c1cnc(-n3nc(C(F)F)c4ccccc43)nc1)C2. The van der Waals surface area contributed by atoms with Gasteiger partial charge in [0, 0.05) is 49.8 Å². The molecule has 0 spiro atoms. The largest absolute Gasteiger partial charge is 0.393 e. The number of carbonyl (C=O) groups excluding carboxylic acids is 2. The fraction of sp³-hybridized carbons (Fsp3) is 0.458. The van der Waals surface area contributed by atoms with E-state index < -0.39 is 12.0 Å². The van der Waals surface area contributed by atoms with Crippen LogP contribution in [0.15, 0.2) is 36.7 Å². The Labute approximate surface area is 205 Å². The number of nitrogens with one attached hydrogen (secondary N) is 1. The van der Waals surface area contributed by atoms with Crippen LogP contribution in [0.25, 0.3) is 21.8 Å². The first-order valence-corrected chi connectivity index (χ1v) is 11.8. The van der Waals surface area contributed by atoms with Gasteiger partial charge in [-0.3, -0.25) is 9.59 Å². The number of hydrogen-bond acceptors (Lipinski definition) is 6. The summed E-state index contributed by atoms with van der Waals surface area (Å²) in [5.74, 6) is -0.487. The molecule has 0 radical (unpaired) electrons. The van der Waals surface area contributed by atoms with E-state index in [4.69, 9.17) is 0 Å². The van der Waals surface area contributed by atoms with Gasteiger partial charge in [-0.05, 0) is 31.7 Å². The van der Waals surface area contributed by atoms with Gasteiger partial charge in [0.2, 0.25) is 5.39 Å². The van der Waals surface area contributed by atoms with Crippen LogP contribution in [-0.2, 0) is 4.79 Å². The number of hydrogen-bond donors (Lipinski definition) is 1. The molecule has 2 unspecified atom stereocenters. The number of alkyl halides is 2. The molecule has 10 nitrogen and oxygen atoms in total. The third kappa shape index (κ3) is 4.04. The Balaban J connectivity index is 1.29. The van der Waals surface area contributed by atoms with Crippen molar-refractivity contribution < 1.29 is 18.4 Å². The highest BCUT2D eigenvalue weighted by molar-refractivity contribution is 5.94. The van der Waals surface area contributed by atoms with Gasteiger partial charge in [0.25, 0.3) is 18.3 Å². The van der Waals surface area contributed by atoms with Crippen LogP contribution in [0.5, 0.6) is 0 Å². The minimum atomic E-state index is -2.75. The van der Waals surface area contributed by atoms with Gasteiger partial charge in [0.15, 0.2) is 0 Å². The summed E-state index contributed by atoms with van der Waals surface area (Å²) >= 11 is 0. The fourth-order valence-electron chi connectivity index (χ4n) is 5.21. The van der Waals surface area contributed by atoms with Crippen LogP contribution in [0.1, 0.15) is 62.0 Å². The van der Waals surface area contributed by atoms with E-state index in [0.29, 0.717) is 23.7 Å². The molecule has 36 heavy (non-hydrogen) atoms. The quantitative estimate of drug-likeness (QED) is 0.540. The first kappa shape index (κ1) is 23.7. The van der Waals surface area contributed by atoms with Crippen molar-refractivity contribution in [3.63, 3.8) is 0 Å². The summed E-state index contributed by atoms with van der Waals surface area (Å²) in [6.07, 6.45) is 2.81. The molecule has 3 aromatic rings. The molecule has 12 heteroatoms. The van der Waals surface area contributed by atoms with E-state index in [1.807, 2.05) is 4.90 Å². The zero-order chi connectivity index (χ0) is 25.6. The van der Waals surface area contributed by atoms with Gasteiger partial charge in [-0.25, -0.2) is 18.7 Å². The molecule has 2 bridgehead atoms. The van der Waals surface area contributed by atoms with E-state index in [1.165, 1.54) is 17.1 Å². The van der Waals surface area contributed by atoms with E-state index in [-0.39, 0.29) is 47.1 Å². The highest BCUT2D eigenvalue weighted by atomic mass is 19.3. The zero-order valence-corrected chi connectivity index (χ0v) is 19.8. The van der Waals surface area contributed by atoms with Crippen LogP contribution in [0.2, 0.25) is 0 Å². The lowest BCUT2D eigenvalue weighted by Crippen LogP contribution is -2.56. The summed E-state index contributed by atoms with van der Waals surface area (Å²) < 4.78 is 28.1. The number of diazo groups is 1. The van der Waals surface area contributed by atoms with Crippen molar-refractivity contribution in [1.82, 2.24) is 30.0 Å². The van der Waals surface area contributed by atoms with Gasteiger partial charge in [-0.15, -0.1) is 0 Å². The summed E-state index contributed by atoms with van der Waals surface area (Å²) in [6.45, 7) is 3.15. The lowest BCUT2D eigenvalue weighted by Gasteiger charge is -2.39. The molecular formula is C24H25F2N8O2+. The number of amides is 2. The Morgan fingerprint density at radius 3 is 2.39 bits per heavy atom. The Morgan fingerprint density at radius 2 is 1.78 bits per heavy atom. The van der Waals surface area contributed by atoms with Crippen molar-refractivity contribution in [2.24, 2.45) is 0 Å². The topological polar surface area (TPSA) is 121 Å². The van der Waals surface area contributed by atoms with Crippen molar-refractivity contribution in [3.05, 3.63) is 52.9 Å². The molecule has 2 saturated heterocycles. The number of aromatic nitrogens is 4. The first-order chi connectivity index (χ1) is 17.2. The van der Waals surface area contributed by atoms with Crippen molar-refractivity contribution in [2.45, 2.75) is 69.6 Å². The van der Waals surface area contributed by atoms with Crippen LogP contribution in [0, 0.1) is 5.39 Å². The average Bonchev–Trinajstić information content (AvgIpc) is 3.39. The van der Waals surface area contributed by atoms with E-state index in [1.54, 1.807) is 38.1 Å². The van der Waals surface area contributed by atoms with Gasteiger partial charge < -0.3 is 10.2 Å². The zero-order valence-electron chi connectivity index (χ0n) is 19.8. The number of benzene rings is 1. The van der Waals surface area contributed by atoms with Gasteiger partial charge in [0.05, 0.1) is 11.1 Å². The number of carbonyl (C=O) groups is 2. The minimum absolute atomic E-state index is 0.0293. The van der Waals surface area contributed by atoms with Crippen LogP contribution in [-0.4, -0.2) is 60.1 Å². The van der Waals surface area contributed by atoms with E-state index in [9.17, 15) is 23.8 Å². The van der Waals surface area contributed by atoms with E-state index in [0.717, 1.165) is 12.8 Å². The molecular weight excluding hydrogens is 470 g/mol. The Morgan fingerprint density at radius 1 is 1.14 bits per heavy atom. The molecule has 2 aliphatic rings. The number of fused-ring (bicyclic) bond motifs is 3. The summed E-state index contributed by atoms with van der Waals surface area (Å²) in [6, 6.07) is 6.40. The molecule has 0 saturated carbocycles. The monoisotopic (exact) mass is 495 g/mol. The van der Waals surface area contributed by atoms with Crippen LogP contribution >= 0.6 is 0 Å². The summed E-state index contributed by atoms with van der Waals surface area (Å²) in [7, 11) is 0. The van der Waals surface area contributed by atoms with Gasteiger partial charge in [-0.1, -0.05) is 18.2 Å². The van der Waals surface area contributed by atoms with Crippen LogP contribution < -0.4 is 5.32 Å². The molecule has 2 atom stereocenters. The van der Waals surface area contributed by atoms with Crippen molar-refractivity contribution >= 4 is 22.7 Å². The molecule has 2 fully saturated rings. The maximum absolute atomic E-state index is 13.4. The Kier molecular flexibility index (Phi) is 5.86. The predicted molar refractivity (Wildman–Crippen MR) is 125 cm³/mol. The number of halogens is 2. The molecule has 2 aromatic heterocycles. The molecule has 5 rings (SSSR count). The highest BCUT2D eigenvalue weighted by Crippen LogP contribution is 2.38. The van der Waals surface area contributed by atoms with Crippen LogP contribution in [0.4, 0.5) is 8.78 Å². The highest BCUT2D eigenvalue weighted by Gasteiger charge is 2.53. The summed E-state index contributed by atoms with van der Waals surface area (Å²) in [4.78, 5) is 39.2. The summed E-state index contributed by atoms with van der Waals surface area (Å²) in [5, 5.41) is 16.5. The van der Waals surface area contributed by atoms with Crippen molar-refractivity contribution in [1.29, 1.82) is 5.39 Å². The van der Waals surface area contributed by atoms with E-state index in [2.05, 4.69) is 25.4 Å². The third-order valence-corrected chi connectivity index (χ3v) is 6.99. The molecule has 1 N–H and O–H groups in total. The normalized spacial score (nSPS) is 21.6. The number of rotatable bonds is 5. The second-order valence-electron chi connectivity index (χ2n) is 9.78. The average molecular weight is 496 g/mol. The second kappa shape index (κ2) is 8.89. The van der Waals surface area contributed by atoms with E-state index >= 15 is 0 Å². The van der Waals surface area contributed by atoms with Crippen molar-refractivity contribution in [3.8, 4) is 5.95 Å². The van der Waals surface area contributed by atoms with Gasteiger partial charge >= 0.3 is 11.4 Å². The Hall–Kier alpha value is -4.01. The maximum atomic E-state index is 13.4. The lowest BCUT2D eigenvalue weighted by atomic mass is 9.94. The predicted octanol–water partition coefficient (Wildman–Crippen LogP) is 3.64. The molecule has 186 valence electrons. The molecule has 0 aliphatic carbocycles. The lowest BCUT2D eigenvalue weighted by molar-refractivity contribution is -0.139. The van der Waals surface area contributed by atoms with Gasteiger partial charge in [0.1, 0.15) is 10.7 Å². The van der Waals surface area contributed by atoms with Crippen molar-refractivity contribution in [2.75, 3.05) is 0 Å². The number of nitrogens with zero attached hydrogens (tertiary/aromatic N) is 7. The standard InChI is InChI=1S/C24H24F2N8O2/c1-24(2,32-27)22(36)33-15-7-8-16(33)10-14(9-15)30-21(35)13-11-28-23(29-12-13)34-18-6-4-3-5-17(18)19(31-34)20(25)26/h3-6,11-12,14-16,20H,7-10H2,1-2H3/p+1. The number of para-hydroxylation sites is 1. The molecule has 4 heterocycles. The number of piperidine rings is 1. The molecule has 1 aromatic carbocycles. The Bertz CT molecular complexity index is 1350. The molecule has 2 aliphatic heterocycles. The fourth-order valence-corrected chi connectivity index (χ4v) is 5.21. The third-order valence-electron chi connectivity index (χ3n) is 6.99. The first-order valence-electron chi connectivity index (χ1n) is 11.8. The minimum Gasteiger partial charge on any atom is -0.349 e. The van der Waals surface area contributed by atoms with Gasteiger partial charge in [-0.2, -0.15) is 9.78 Å². The summed E-state index contributed by atoms with van der Waals surface area (Å²) in [5.41, 5.74) is -0.882. The molecule has 2 amide bonds.